The monoisotopic (exact) mass is 251 g/mol. The molecule has 17 heavy (non-hydrogen) atoms. The average Bonchev–Trinajstić information content (AvgIpc) is 2.73. The molecule has 2 heterocycles. The molecule has 0 radical (unpaired) electrons. The van der Waals surface area contributed by atoms with Crippen LogP contribution in [0.25, 0.3) is 0 Å². The summed E-state index contributed by atoms with van der Waals surface area (Å²) in [7, 11) is 0. The van der Waals surface area contributed by atoms with Gasteiger partial charge in [0.05, 0.1) is 6.61 Å². The minimum atomic E-state index is 0.335. The van der Waals surface area contributed by atoms with Gasteiger partial charge in [0.2, 0.25) is 0 Å². The molecule has 1 aromatic rings. The molecular weight excluding hydrogens is 234 g/mol. The number of fused-ring (bicyclic) bond motifs is 1. The van der Waals surface area contributed by atoms with Gasteiger partial charge in [0.1, 0.15) is 5.75 Å². The van der Waals surface area contributed by atoms with Crippen LogP contribution in [0.2, 0.25) is 0 Å². The number of nitrogens with zero attached hydrogens (tertiary/aromatic N) is 1. The molecule has 1 aromatic carbocycles. The predicted molar refractivity (Wildman–Crippen MR) is 70.0 cm³/mol. The first-order valence-corrected chi connectivity index (χ1v) is 6.85. The van der Waals surface area contributed by atoms with E-state index in [1.165, 1.54) is 18.5 Å². The molecule has 1 saturated heterocycles. The van der Waals surface area contributed by atoms with Crippen molar-refractivity contribution in [3.8, 4) is 5.75 Å². The van der Waals surface area contributed by atoms with E-state index in [0.29, 0.717) is 11.3 Å². The van der Waals surface area contributed by atoms with Crippen LogP contribution in [0.1, 0.15) is 24.3 Å². The molecule has 3 rings (SSSR count). The zero-order valence-electron chi connectivity index (χ0n) is 9.94. The Morgan fingerprint density at radius 3 is 3.12 bits per heavy atom. The van der Waals surface area contributed by atoms with E-state index in [1.807, 2.05) is 6.07 Å². The Labute approximate surface area is 108 Å². The van der Waals surface area contributed by atoms with Crippen molar-refractivity contribution in [2.75, 3.05) is 26.2 Å². The largest absolute Gasteiger partial charge is 0.493 e. The number of ether oxygens (including phenoxy) is 1. The summed E-state index contributed by atoms with van der Waals surface area (Å²) in [5.74, 6) is 1.59. The molecule has 1 fully saturated rings. The number of alkyl halides is 1. The first kappa shape index (κ1) is 11.4. The van der Waals surface area contributed by atoms with Crippen molar-refractivity contribution in [1.82, 2.24) is 4.90 Å². The zero-order chi connectivity index (χ0) is 11.7. The van der Waals surface area contributed by atoms with Gasteiger partial charge in [0.15, 0.2) is 0 Å². The SMILES string of the molecule is ClC1CCCN(CC2COc3ccccc32)C1. The van der Waals surface area contributed by atoms with Crippen molar-refractivity contribution < 1.29 is 4.74 Å². The van der Waals surface area contributed by atoms with Crippen LogP contribution >= 0.6 is 11.6 Å². The third kappa shape index (κ3) is 2.43. The lowest BCUT2D eigenvalue weighted by molar-refractivity contribution is 0.204. The summed E-state index contributed by atoms with van der Waals surface area (Å²) >= 11 is 6.22. The Balaban J connectivity index is 1.67. The van der Waals surface area contributed by atoms with Crippen LogP contribution in [-0.2, 0) is 0 Å². The lowest BCUT2D eigenvalue weighted by Crippen LogP contribution is -2.38. The van der Waals surface area contributed by atoms with E-state index in [4.69, 9.17) is 16.3 Å². The van der Waals surface area contributed by atoms with E-state index >= 15 is 0 Å². The Kier molecular flexibility index (Phi) is 3.26. The Bertz CT molecular complexity index is 396. The second kappa shape index (κ2) is 4.87. The standard InChI is InChI=1S/C14H18ClNO/c15-12-4-3-7-16(9-12)8-11-10-17-14-6-2-1-5-13(11)14/h1-2,5-6,11-12H,3-4,7-10H2. The molecule has 2 atom stereocenters. The molecule has 3 heteroatoms. The highest BCUT2D eigenvalue weighted by molar-refractivity contribution is 6.20. The first-order chi connectivity index (χ1) is 8.33. The summed E-state index contributed by atoms with van der Waals surface area (Å²) < 4.78 is 5.72. The second-order valence-electron chi connectivity index (χ2n) is 5.04. The van der Waals surface area contributed by atoms with Gasteiger partial charge in [-0.25, -0.2) is 0 Å². The number of likely N-dealkylation sites (tertiary alicyclic amines) is 1. The predicted octanol–water partition coefficient (Wildman–Crippen LogP) is 2.87. The van der Waals surface area contributed by atoms with Crippen LogP contribution in [0.4, 0.5) is 0 Å². The van der Waals surface area contributed by atoms with Crippen molar-refractivity contribution in [3.05, 3.63) is 29.8 Å². The van der Waals surface area contributed by atoms with Crippen LogP contribution < -0.4 is 4.74 Å². The van der Waals surface area contributed by atoms with Gasteiger partial charge in [-0.2, -0.15) is 0 Å². The molecule has 0 aromatic heterocycles. The van der Waals surface area contributed by atoms with Crippen molar-refractivity contribution in [2.24, 2.45) is 0 Å². The summed E-state index contributed by atoms with van der Waals surface area (Å²) in [5.41, 5.74) is 1.36. The van der Waals surface area contributed by atoms with E-state index < -0.39 is 0 Å². The van der Waals surface area contributed by atoms with Gasteiger partial charge in [-0.05, 0) is 25.5 Å². The van der Waals surface area contributed by atoms with Crippen LogP contribution in [0.5, 0.6) is 5.75 Å². The van der Waals surface area contributed by atoms with Gasteiger partial charge in [-0.1, -0.05) is 18.2 Å². The molecule has 0 saturated carbocycles. The average molecular weight is 252 g/mol. The van der Waals surface area contributed by atoms with Crippen molar-refractivity contribution in [2.45, 2.75) is 24.1 Å². The Morgan fingerprint density at radius 1 is 1.35 bits per heavy atom. The lowest BCUT2D eigenvalue weighted by atomic mass is 9.99. The van der Waals surface area contributed by atoms with E-state index in [1.54, 1.807) is 0 Å². The topological polar surface area (TPSA) is 12.5 Å². The van der Waals surface area contributed by atoms with Gasteiger partial charge >= 0.3 is 0 Å². The highest BCUT2D eigenvalue weighted by Crippen LogP contribution is 2.34. The van der Waals surface area contributed by atoms with Gasteiger partial charge in [-0.3, -0.25) is 0 Å². The summed E-state index contributed by atoms with van der Waals surface area (Å²) in [5, 5.41) is 0.335. The van der Waals surface area contributed by atoms with E-state index in [2.05, 4.69) is 23.1 Å². The molecule has 92 valence electrons. The summed E-state index contributed by atoms with van der Waals surface area (Å²) in [6.45, 7) is 4.12. The number of para-hydroxylation sites is 1. The number of rotatable bonds is 2. The van der Waals surface area contributed by atoms with E-state index in [-0.39, 0.29) is 0 Å². The third-order valence-corrected chi connectivity index (χ3v) is 4.08. The van der Waals surface area contributed by atoms with Crippen molar-refractivity contribution in [3.63, 3.8) is 0 Å². The Hall–Kier alpha value is -0.730. The third-order valence-electron chi connectivity index (χ3n) is 3.73. The molecular formula is C14H18ClNO. The highest BCUT2D eigenvalue weighted by atomic mass is 35.5. The maximum absolute atomic E-state index is 6.22. The smallest absolute Gasteiger partial charge is 0.122 e. The lowest BCUT2D eigenvalue weighted by Gasteiger charge is -2.31. The second-order valence-corrected chi connectivity index (χ2v) is 5.66. The van der Waals surface area contributed by atoms with E-state index in [0.717, 1.165) is 31.9 Å². The molecule has 0 aliphatic carbocycles. The molecule has 0 spiro atoms. The number of piperidine rings is 1. The molecule has 2 unspecified atom stereocenters. The molecule has 2 aliphatic rings. The Morgan fingerprint density at radius 2 is 2.24 bits per heavy atom. The fourth-order valence-corrected chi connectivity index (χ4v) is 3.21. The van der Waals surface area contributed by atoms with E-state index in [9.17, 15) is 0 Å². The molecule has 0 bridgehead atoms. The van der Waals surface area contributed by atoms with Crippen molar-refractivity contribution >= 4 is 11.6 Å². The summed E-state index contributed by atoms with van der Waals surface area (Å²) in [6.07, 6.45) is 2.39. The maximum Gasteiger partial charge on any atom is 0.122 e. The van der Waals surface area contributed by atoms with Gasteiger partial charge in [-0.15, -0.1) is 11.6 Å². The van der Waals surface area contributed by atoms with Gasteiger partial charge < -0.3 is 9.64 Å². The number of hydrogen-bond donors (Lipinski definition) is 0. The first-order valence-electron chi connectivity index (χ1n) is 6.41. The maximum atomic E-state index is 6.22. The van der Waals surface area contributed by atoms with Crippen LogP contribution in [0, 0.1) is 0 Å². The number of hydrogen-bond acceptors (Lipinski definition) is 2. The molecule has 2 aliphatic heterocycles. The van der Waals surface area contributed by atoms with Crippen LogP contribution in [-0.4, -0.2) is 36.5 Å². The quantitative estimate of drug-likeness (QED) is 0.750. The minimum Gasteiger partial charge on any atom is -0.493 e. The highest BCUT2D eigenvalue weighted by Gasteiger charge is 2.27. The molecule has 0 amide bonds. The van der Waals surface area contributed by atoms with Gasteiger partial charge in [0, 0.05) is 29.9 Å². The zero-order valence-corrected chi connectivity index (χ0v) is 10.7. The number of benzene rings is 1. The number of halogens is 1. The minimum absolute atomic E-state index is 0.335. The molecule has 0 N–H and O–H groups in total. The van der Waals surface area contributed by atoms with Crippen molar-refractivity contribution in [1.29, 1.82) is 0 Å². The fraction of sp³-hybridized carbons (Fsp3) is 0.571. The fourth-order valence-electron chi connectivity index (χ4n) is 2.86. The summed E-state index contributed by atoms with van der Waals surface area (Å²) in [4.78, 5) is 2.48. The normalized spacial score (nSPS) is 28.8. The summed E-state index contributed by atoms with van der Waals surface area (Å²) in [6, 6.07) is 8.39. The van der Waals surface area contributed by atoms with Gasteiger partial charge in [0.25, 0.3) is 0 Å². The van der Waals surface area contributed by atoms with Crippen LogP contribution in [0.3, 0.4) is 0 Å². The molecule has 2 nitrogen and oxygen atoms in total. The van der Waals surface area contributed by atoms with Crippen LogP contribution in [0.15, 0.2) is 24.3 Å².